The van der Waals surface area contributed by atoms with E-state index in [0.29, 0.717) is 57.2 Å². The third kappa shape index (κ3) is 5.10. The molecule has 3 aromatic heterocycles. The highest BCUT2D eigenvalue weighted by Gasteiger charge is 2.43. The second-order valence-corrected chi connectivity index (χ2v) is 14.4. The first-order chi connectivity index (χ1) is 22.1. The molecule has 5 atom stereocenters. The van der Waals surface area contributed by atoms with Crippen molar-refractivity contribution in [2.45, 2.75) is 83.3 Å². The van der Waals surface area contributed by atoms with Crippen LogP contribution in [0.3, 0.4) is 0 Å². The van der Waals surface area contributed by atoms with Crippen LogP contribution in [0.25, 0.3) is 21.0 Å². The zero-order chi connectivity index (χ0) is 32.3. The van der Waals surface area contributed by atoms with Gasteiger partial charge < -0.3 is 23.9 Å². The van der Waals surface area contributed by atoms with E-state index in [0.717, 1.165) is 42.2 Å². The number of aryl methyl sites for hydroxylation is 1. The predicted molar refractivity (Wildman–Crippen MR) is 173 cm³/mol. The van der Waals surface area contributed by atoms with Crippen molar-refractivity contribution in [1.29, 1.82) is 0 Å². The molecular weight excluding hydrogens is 608 g/mol. The number of aliphatic hydroxyl groups excluding tert-OH is 1. The lowest BCUT2D eigenvalue weighted by atomic mass is 10.00. The number of oxazole rings is 1. The maximum atomic E-state index is 14.7. The lowest BCUT2D eigenvalue weighted by Gasteiger charge is -2.38. The molecule has 1 aliphatic heterocycles. The quantitative estimate of drug-likeness (QED) is 0.282. The van der Waals surface area contributed by atoms with E-state index in [4.69, 9.17) is 13.9 Å². The Labute approximate surface area is 270 Å². The summed E-state index contributed by atoms with van der Waals surface area (Å²) in [6, 6.07) is 7.62. The van der Waals surface area contributed by atoms with Crippen molar-refractivity contribution in [3.05, 3.63) is 68.7 Å². The third-order valence-electron chi connectivity index (χ3n) is 10.2. The molecule has 46 heavy (non-hydrogen) atoms. The molecule has 11 nitrogen and oxygen atoms in total. The number of ether oxygens (including phenoxy) is 2. The van der Waals surface area contributed by atoms with Gasteiger partial charge in [-0.15, -0.1) is 11.3 Å². The van der Waals surface area contributed by atoms with Crippen LogP contribution in [0.2, 0.25) is 0 Å². The van der Waals surface area contributed by atoms with Crippen LogP contribution in [0.15, 0.2) is 50.7 Å². The van der Waals surface area contributed by atoms with Crippen LogP contribution in [0.5, 0.6) is 5.75 Å². The summed E-state index contributed by atoms with van der Waals surface area (Å²) in [6.07, 6.45) is 6.23. The molecule has 2 aliphatic carbocycles. The number of para-hydroxylation sites is 1. The summed E-state index contributed by atoms with van der Waals surface area (Å²) in [6.45, 7) is 6.39. The minimum atomic E-state index is -1.42. The average Bonchev–Trinajstić information content (AvgIpc) is 3.78. The molecule has 3 fully saturated rings. The van der Waals surface area contributed by atoms with Crippen LogP contribution < -0.4 is 16.0 Å². The van der Waals surface area contributed by atoms with Crippen molar-refractivity contribution >= 4 is 27.5 Å². The lowest BCUT2D eigenvalue weighted by Crippen LogP contribution is -2.59. The van der Waals surface area contributed by atoms with Crippen LogP contribution in [0.1, 0.15) is 63.2 Å². The third-order valence-corrected chi connectivity index (χ3v) is 11.5. The Balaban J connectivity index is 1.39. The second-order valence-electron chi connectivity index (χ2n) is 13.4. The molecule has 7 rings (SSSR count). The topological polar surface area (TPSA) is 129 Å². The number of aromatic nitrogens is 3. The van der Waals surface area contributed by atoms with E-state index in [9.17, 15) is 19.5 Å². The Morgan fingerprint density at radius 3 is 2.50 bits per heavy atom. The number of carbonyl (C=O) groups excluding carboxylic acids is 1. The van der Waals surface area contributed by atoms with E-state index in [1.54, 1.807) is 36.6 Å². The number of rotatable bonds is 9. The number of thiophene rings is 1. The predicted octanol–water partition coefficient (Wildman–Crippen LogP) is 4.47. The Kier molecular flexibility index (Phi) is 7.93. The Hall–Kier alpha value is -3.74. The van der Waals surface area contributed by atoms with Crippen molar-refractivity contribution in [2.75, 3.05) is 20.2 Å². The van der Waals surface area contributed by atoms with Gasteiger partial charge in [0.25, 0.3) is 5.56 Å². The molecule has 12 heteroatoms. The van der Waals surface area contributed by atoms with E-state index in [2.05, 4.69) is 4.98 Å². The van der Waals surface area contributed by atoms with Gasteiger partial charge in [-0.25, -0.2) is 14.3 Å². The van der Waals surface area contributed by atoms with Gasteiger partial charge in [0, 0.05) is 18.7 Å². The van der Waals surface area contributed by atoms with E-state index in [1.807, 2.05) is 31.2 Å². The van der Waals surface area contributed by atoms with Crippen LogP contribution in [-0.2, 0) is 21.6 Å². The Bertz CT molecular complexity index is 1870. The fourth-order valence-corrected chi connectivity index (χ4v) is 8.97. The number of hydrogen-bond donors (Lipinski definition) is 1. The van der Waals surface area contributed by atoms with Gasteiger partial charge >= 0.3 is 5.69 Å². The minimum absolute atomic E-state index is 0.0631. The number of amides is 1. The van der Waals surface area contributed by atoms with Gasteiger partial charge in [0.15, 0.2) is 0 Å². The molecule has 0 radical (unpaired) electrons. The summed E-state index contributed by atoms with van der Waals surface area (Å²) in [4.78, 5) is 49.8. The number of hydrogen-bond acceptors (Lipinski definition) is 9. The van der Waals surface area contributed by atoms with Crippen LogP contribution >= 0.6 is 11.3 Å². The fraction of sp³-hybridized carbons (Fsp3) is 0.529. The van der Waals surface area contributed by atoms with Gasteiger partial charge in [-0.2, -0.15) is 0 Å². The van der Waals surface area contributed by atoms with Gasteiger partial charge in [-0.3, -0.25) is 14.2 Å². The molecule has 244 valence electrons. The van der Waals surface area contributed by atoms with E-state index >= 15 is 0 Å². The number of aliphatic hydroxyl groups is 1. The molecule has 2 saturated carbocycles. The van der Waals surface area contributed by atoms with Gasteiger partial charge in [0.05, 0.1) is 42.3 Å². The first kappa shape index (κ1) is 30.9. The number of methoxy groups -OCH3 is 1. The highest BCUT2D eigenvalue weighted by Crippen LogP contribution is 2.47. The second kappa shape index (κ2) is 11.8. The molecule has 0 spiro atoms. The van der Waals surface area contributed by atoms with Crippen LogP contribution in [0, 0.1) is 18.8 Å². The molecule has 4 aromatic rings. The highest BCUT2D eigenvalue weighted by atomic mass is 32.1. The molecule has 4 unspecified atom stereocenters. The summed E-state index contributed by atoms with van der Waals surface area (Å²) >= 11 is 1.27. The minimum Gasteiger partial charge on any atom is -0.496 e. The zero-order valence-corrected chi connectivity index (χ0v) is 27.4. The Morgan fingerprint density at radius 1 is 1.15 bits per heavy atom. The van der Waals surface area contributed by atoms with Crippen molar-refractivity contribution in [3.63, 3.8) is 0 Å². The Morgan fingerprint density at radius 2 is 1.87 bits per heavy atom. The zero-order valence-electron chi connectivity index (χ0n) is 26.6. The van der Waals surface area contributed by atoms with Crippen molar-refractivity contribution in [2.24, 2.45) is 11.8 Å². The molecule has 1 amide bonds. The summed E-state index contributed by atoms with van der Waals surface area (Å²) in [7, 11) is 1.61. The standard InChI is InChI=1S/C34H40N4O7S/c1-19-27-30(40)38(34(2,3)32(41)36-11-7-12-36)33(42)37(31(27)46-28(19)29-35-10-13-44-29)18-26(24-8-5-6-9-25(24)43-4)45-23-16-20-14-22(39)15-21(20)17-23/h5-6,8-10,13,20-23,26,39H,7,11-12,14-18H2,1-4H3/t20-,21?,22?,23?,26?/m0/s1. The molecule has 1 saturated heterocycles. The van der Waals surface area contributed by atoms with E-state index in [1.165, 1.54) is 17.6 Å². The maximum Gasteiger partial charge on any atom is 0.333 e. The number of nitrogens with zero attached hydrogens (tertiary/aromatic N) is 4. The SMILES string of the molecule is COc1ccccc1C(Cn1c(=O)n(C(C)(C)C(=O)N2CCC2)c(=O)c2c(C)c(-c3ncco3)sc21)OC1CC2CC(O)C[C@H]2C1. The molecule has 1 aromatic carbocycles. The van der Waals surface area contributed by atoms with Crippen LogP contribution in [-0.4, -0.2) is 62.4 Å². The molecule has 3 aliphatic rings. The summed E-state index contributed by atoms with van der Waals surface area (Å²) in [5.41, 5.74) is -1.09. The molecule has 4 heterocycles. The number of carbonyl (C=O) groups is 1. The normalized spacial score (nSPS) is 23.5. The average molecular weight is 649 g/mol. The fourth-order valence-electron chi connectivity index (χ4n) is 7.73. The number of benzene rings is 1. The largest absolute Gasteiger partial charge is 0.496 e. The number of likely N-dealkylation sites (tertiary alicyclic amines) is 1. The number of fused-ring (bicyclic) bond motifs is 2. The van der Waals surface area contributed by atoms with Gasteiger partial charge in [-0.05, 0) is 76.3 Å². The van der Waals surface area contributed by atoms with Crippen molar-refractivity contribution in [3.8, 4) is 16.5 Å². The molecular formula is C34H40N4O7S. The van der Waals surface area contributed by atoms with Gasteiger partial charge in [-0.1, -0.05) is 18.2 Å². The van der Waals surface area contributed by atoms with Crippen LogP contribution in [0.4, 0.5) is 0 Å². The van der Waals surface area contributed by atoms with Gasteiger partial charge in [0.2, 0.25) is 11.8 Å². The van der Waals surface area contributed by atoms with Crippen molar-refractivity contribution < 1.29 is 23.8 Å². The summed E-state index contributed by atoms with van der Waals surface area (Å²) in [5, 5.41) is 10.6. The maximum absolute atomic E-state index is 14.7. The highest BCUT2D eigenvalue weighted by molar-refractivity contribution is 7.22. The monoisotopic (exact) mass is 648 g/mol. The molecule has 0 bridgehead atoms. The summed E-state index contributed by atoms with van der Waals surface area (Å²) in [5.74, 6) is 1.55. The van der Waals surface area contributed by atoms with E-state index < -0.39 is 22.9 Å². The van der Waals surface area contributed by atoms with E-state index in [-0.39, 0.29) is 24.7 Å². The van der Waals surface area contributed by atoms with Crippen molar-refractivity contribution in [1.82, 2.24) is 19.0 Å². The summed E-state index contributed by atoms with van der Waals surface area (Å²) < 4.78 is 21.0. The molecule has 1 N–H and O–H groups in total. The van der Waals surface area contributed by atoms with Gasteiger partial charge in [0.1, 0.15) is 28.5 Å². The smallest absolute Gasteiger partial charge is 0.333 e. The first-order valence-electron chi connectivity index (χ1n) is 16.0. The lowest BCUT2D eigenvalue weighted by molar-refractivity contribution is -0.143. The first-order valence-corrected chi connectivity index (χ1v) is 16.8.